The van der Waals surface area contributed by atoms with Crippen molar-refractivity contribution < 1.29 is 24.2 Å². The summed E-state index contributed by atoms with van der Waals surface area (Å²) in [6.45, 7) is 1.27. The lowest BCUT2D eigenvalue weighted by molar-refractivity contribution is -0.139. The maximum absolute atomic E-state index is 12.1. The van der Waals surface area contributed by atoms with Crippen molar-refractivity contribution in [2.24, 2.45) is 5.73 Å². The summed E-state index contributed by atoms with van der Waals surface area (Å²) < 4.78 is 5.12. The van der Waals surface area contributed by atoms with E-state index in [9.17, 15) is 19.5 Å². The van der Waals surface area contributed by atoms with E-state index in [4.69, 9.17) is 10.5 Å². The average molecular weight is 306 g/mol. The van der Waals surface area contributed by atoms with Gasteiger partial charge in [0.2, 0.25) is 11.4 Å². The largest absolute Gasteiger partial charge is 0.508 e. The molecule has 0 radical (unpaired) electrons. The highest BCUT2D eigenvalue weighted by Crippen LogP contribution is 2.23. The number of nitrogens with two attached hydrogens (primary N) is 1. The molecule has 1 fully saturated rings. The molecule has 1 heterocycles. The summed E-state index contributed by atoms with van der Waals surface area (Å²) in [4.78, 5) is 35.7. The Morgan fingerprint density at radius 3 is 2.77 bits per heavy atom. The molecule has 22 heavy (non-hydrogen) atoms. The maximum atomic E-state index is 12.1. The number of hydrogen-bond acceptors (Lipinski definition) is 5. The lowest BCUT2D eigenvalue weighted by Crippen LogP contribution is -2.65. The first-order valence-corrected chi connectivity index (χ1v) is 6.90. The van der Waals surface area contributed by atoms with Crippen molar-refractivity contribution in [2.45, 2.75) is 31.4 Å². The molecule has 0 saturated carbocycles. The zero-order chi connectivity index (χ0) is 16.3. The molecule has 2 rings (SSSR count). The van der Waals surface area contributed by atoms with Gasteiger partial charge >= 0.3 is 0 Å². The second-order valence-electron chi connectivity index (χ2n) is 5.27. The van der Waals surface area contributed by atoms with E-state index in [0.717, 1.165) is 5.56 Å². The predicted molar refractivity (Wildman–Crippen MR) is 76.9 cm³/mol. The molecule has 1 aliphatic rings. The Balaban J connectivity index is 2.04. The molecule has 0 spiro atoms. The Labute approximate surface area is 127 Å². The number of carbonyl (C=O) groups is 3. The number of primary amides is 1. The molecule has 2 unspecified atom stereocenters. The number of Topliss-reactive ketones (excluding diaryl/α,β-unsaturated/α-hetero) is 1. The molecular weight excluding hydrogens is 288 g/mol. The van der Waals surface area contributed by atoms with E-state index in [1.54, 1.807) is 18.2 Å². The van der Waals surface area contributed by atoms with Crippen LogP contribution < -0.4 is 11.1 Å². The van der Waals surface area contributed by atoms with E-state index < -0.39 is 29.2 Å². The van der Waals surface area contributed by atoms with Gasteiger partial charge < -0.3 is 20.9 Å². The van der Waals surface area contributed by atoms with E-state index in [0.29, 0.717) is 6.42 Å². The summed E-state index contributed by atoms with van der Waals surface area (Å²) in [5.41, 5.74) is 4.27. The SMILES string of the molecule is CC1OCC(=O)C1(NC(=O)CCc1cccc(O)c1)C(N)=O. The van der Waals surface area contributed by atoms with Crippen LogP contribution in [0.15, 0.2) is 24.3 Å². The first-order chi connectivity index (χ1) is 10.4. The van der Waals surface area contributed by atoms with Gasteiger partial charge in [0.25, 0.3) is 5.91 Å². The number of ether oxygens (including phenoxy) is 1. The topological polar surface area (TPSA) is 119 Å². The Morgan fingerprint density at radius 1 is 1.50 bits per heavy atom. The molecule has 0 bridgehead atoms. The number of rotatable bonds is 5. The molecule has 4 N–H and O–H groups in total. The summed E-state index contributed by atoms with van der Waals surface area (Å²) in [7, 11) is 0. The number of carbonyl (C=O) groups excluding carboxylic acids is 3. The van der Waals surface area contributed by atoms with Crippen LogP contribution in [0.4, 0.5) is 0 Å². The van der Waals surface area contributed by atoms with Gasteiger partial charge in [0, 0.05) is 6.42 Å². The average Bonchev–Trinajstić information content (AvgIpc) is 2.74. The second-order valence-corrected chi connectivity index (χ2v) is 5.27. The van der Waals surface area contributed by atoms with Gasteiger partial charge in [0.15, 0.2) is 5.78 Å². The number of aromatic hydroxyl groups is 1. The van der Waals surface area contributed by atoms with Gasteiger partial charge in [0.1, 0.15) is 12.4 Å². The second kappa shape index (κ2) is 6.15. The van der Waals surface area contributed by atoms with Crippen LogP contribution in [0.3, 0.4) is 0 Å². The quantitative estimate of drug-likeness (QED) is 0.643. The Bertz CT molecular complexity index is 616. The molecule has 1 aliphatic heterocycles. The number of benzene rings is 1. The molecule has 2 atom stereocenters. The van der Waals surface area contributed by atoms with Gasteiger partial charge in [0.05, 0.1) is 6.10 Å². The van der Waals surface area contributed by atoms with Gasteiger partial charge in [-0.05, 0) is 31.0 Å². The molecule has 2 amide bonds. The van der Waals surface area contributed by atoms with E-state index in [1.165, 1.54) is 13.0 Å². The first kappa shape index (κ1) is 16.0. The third-order valence-electron chi connectivity index (χ3n) is 3.79. The maximum Gasteiger partial charge on any atom is 0.253 e. The highest BCUT2D eigenvalue weighted by Gasteiger charge is 2.55. The number of nitrogens with one attached hydrogen (secondary N) is 1. The minimum absolute atomic E-state index is 0.0541. The van der Waals surface area contributed by atoms with Crippen molar-refractivity contribution in [3.8, 4) is 5.75 Å². The molecular formula is C15H18N2O5. The summed E-state index contributed by atoms with van der Waals surface area (Å²) in [5.74, 6) is -1.83. The lowest BCUT2D eigenvalue weighted by Gasteiger charge is -2.28. The number of amides is 2. The highest BCUT2D eigenvalue weighted by atomic mass is 16.5. The van der Waals surface area contributed by atoms with Crippen LogP contribution in [0.25, 0.3) is 0 Å². The van der Waals surface area contributed by atoms with Gasteiger partial charge in [-0.2, -0.15) is 0 Å². The van der Waals surface area contributed by atoms with Crippen molar-refractivity contribution in [1.82, 2.24) is 5.32 Å². The number of hydrogen-bond donors (Lipinski definition) is 3. The van der Waals surface area contributed by atoms with E-state index in [2.05, 4.69) is 5.32 Å². The molecule has 118 valence electrons. The van der Waals surface area contributed by atoms with Crippen molar-refractivity contribution in [3.63, 3.8) is 0 Å². The summed E-state index contributed by atoms with van der Waals surface area (Å²) in [6.07, 6.45) is -0.390. The third kappa shape index (κ3) is 2.94. The van der Waals surface area contributed by atoms with Gasteiger partial charge in [-0.25, -0.2) is 0 Å². The van der Waals surface area contributed by atoms with Gasteiger partial charge in [-0.1, -0.05) is 12.1 Å². The van der Waals surface area contributed by atoms with E-state index >= 15 is 0 Å². The van der Waals surface area contributed by atoms with E-state index in [-0.39, 0.29) is 18.8 Å². The summed E-state index contributed by atoms with van der Waals surface area (Å²) in [5, 5.41) is 11.8. The molecule has 7 heteroatoms. The third-order valence-corrected chi connectivity index (χ3v) is 3.79. The molecule has 0 aliphatic carbocycles. The fraction of sp³-hybridized carbons (Fsp3) is 0.400. The number of ketones is 1. The zero-order valence-corrected chi connectivity index (χ0v) is 12.2. The highest BCUT2D eigenvalue weighted by molar-refractivity contribution is 6.14. The first-order valence-electron chi connectivity index (χ1n) is 6.90. The molecule has 1 aromatic rings. The summed E-state index contributed by atoms with van der Waals surface area (Å²) >= 11 is 0. The lowest BCUT2D eigenvalue weighted by atomic mass is 9.89. The van der Waals surface area contributed by atoms with Crippen LogP contribution in [0.5, 0.6) is 5.75 Å². The molecule has 1 saturated heterocycles. The number of phenolic OH excluding ortho intramolecular Hbond substituents is 1. The van der Waals surface area contributed by atoms with Crippen molar-refractivity contribution in [2.75, 3.05) is 6.61 Å². The van der Waals surface area contributed by atoms with Crippen LogP contribution in [0.1, 0.15) is 18.9 Å². The minimum Gasteiger partial charge on any atom is -0.508 e. The Kier molecular flexibility index (Phi) is 4.46. The fourth-order valence-corrected chi connectivity index (χ4v) is 2.49. The standard InChI is InChI=1S/C15H18N2O5/c1-9-15(14(16)21,12(19)8-22-9)17-13(20)6-5-10-3-2-4-11(18)7-10/h2-4,7,9,18H,5-6,8H2,1H3,(H2,16,21)(H,17,20). The normalized spacial score (nSPS) is 24.2. The van der Waals surface area contributed by atoms with Crippen LogP contribution >= 0.6 is 0 Å². The van der Waals surface area contributed by atoms with E-state index in [1.807, 2.05) is 0 Å². The molecule has 7 nitrogen and oxygen atoms in total. The smallest absolute Gasteiger partial charge is 0.253 e. The predicted octanol–water partition coefficient (Wildman–Crippen LogP) is -0.347. The van der Waals surface area contributed by atoms with Crippen LogP contribution in [-0.4, -0.2) is 41.0 Å². The van der Waals surface area contributed by atoms with Crippen LogP contribution in [-0.2, 0) is 25.5 Å². The fourth-order valence-electron chi connectivity index (χ4n) is 2.49. The number of phenols is 1. The van der Waals surface area contributed by atoms with Crippen molar-refractivity contribution in [1.29, 1.82) is 0 Å². The van der Waals surface area contributed by atoms with Gasteiger partial charge in [-0.3, -0.25) is 14.4 Å². The Hall–Kier alpha value is -2.41. The number of aryl methyl sites for hydroxylation is 1. The molecule has 0 aromatic heterocycles. The monoisotopic (exact) mass is 306 g/mol. The minimum atomic E-state index is -1.80. The van der Waals surface area contributed by atoms with Gasteiger partial charge in [-0.15, -0.1) is 0 Å². The van der Waals surface area contributed by atoms with Crippen molar-refractivity contribution in [3.05, 3.63) is 29.8 Å². The summed E-state index contributed by atoms with van der Waals surface area (Å²) in [6, 6.07) is 6.51. The van der Waals surface area contributed by atoms with Crippen LogP contribution in [0, 0.1) is 0 Å². The van der Waals surface area contributed by atoms with Crippen molar-refractivity contribution >= 4 is 17.6 Å². The zero-order valence-electron chi connectivity index (χ0n) is 12.2. The van der Waals surface area contributed by atoms with Crippen LogP contribution in [0.2, 0.25) is 0 Å². The Morgan fingerprint density at radius 2 is 2.23 bits per heavy atom. The molecule has 1 aromatic carbocycles.